The van der Waals surface area contributed by atoms with E-state index in [-0.39, 0.29) is 22.9 Å². The van der Waals surface area contributed by atoms with Crippen molar-refractivity contribution in [1.82, 2.24) is 44.5 Å². The molecule has 0 radical (unpaired) electrons. The molecule has 0 bridgehead atoms. The van der Waals surface area contributed by atoms with E-state index in [1.807, 2.05) is 6.07 Å². The number of fused-ring (bicyclic) bond motifs is 1. The lowest BCUT2D eigenvalue weighted by atomic mass is 10.2. The van der Waals surface area contributed by atoms with E-state index in [1.54, 1.807) is 13.1 Å². The van der Waals surface area contributed by atoms with Gasteiger partial charge >= 0.3 is 6.18 Å². The quantitative estimate of drug-likeness (QED) is 0.413. The predicted octanol–water partition coefficient (Wildman–Crippen LogP) is 2.27. The molecule has 0 aromatic carbocycles. The van der Waals surface area contributed by atoms with Crippen LogP contribution in [0.4, 0.5) is 18.9 Å². The van der Waals surface area contributed by atoms with Crippen molar-refractivity contribution in [3.8, 4) is 17.7 Å². The second kappa shape index (κ2) is 8.02. The molecule has 0 aliphatic carbocycles. The van der Waals surface area contributed by atoms with Gasteiger partial charge in [0.05, 0.1) is 42.2 Å². The van der Waals surface area contributed by atoms with Crippen LogP contribution in [0.25, 0.3) is 22.5 Å². The minimum Gasteiger partial charge on any atom is -0.320 e. The minimum atomic E-state index is -4.95. The Morgan fingerprint density at radius 2 is 1.80 bits per heavy atom. The summed E-state index contributed by atoms with van der Waals surface area (Å²) in [7, 11) is 1.56. The summed E-state index contributed by atoms with van der Waals surface area (Å²) < 4.78 is 44.3. The number of rotatable bonds is 4. The lowest BCUT2D eigenvalue weighted by Crippen LogP contribution is -2.21. The molecule has 174 valence electrons. The van der Waals surface area contributed by atoms with Crippen LogP contribution in [0, 0.1) is 11.3 Å². The summed E-state index contributed by atoms with van der Waals surface area (Å²) >= 11 is 0. The SMILES string of the molecule is Cn1ncc2ccnc(-n3ncc(C(=O)Nc4cnc(-n5nccn5)c(C#N)c4)c3C(F)(F)F)c21. The Kier molecular flexibility index (Phi) is 4.97. The van der Waals surface area contributed by atoms with E-state index in [1.165, 1.54) is 41.7 Å². The molecule has 0 saturated carbocycles. The zero-order valence-electron chi connectivity index (χ0n) is 17.6. The number of nitriles is 1. The highest BCUT2D eigenvalue weighted by atomic mass is 19.4. The number of aromatic nitrogens is 9. The molecule has 0 atom stereocenters. The number of halogens is 3. The molecule has 0 saturated heterocycles. The monoisotopic (exact) mass is 479 g/mol. The Balaban J connectivity index is 1.55. The van der Waals surface area contributed by atoms with Crippen molar-refractivity contribution >= 4 is 22.5 Å². The second-order valence-corrected chi connectivity index (χ2v) is 7.14. The molecule has 12 nitrogen and oxygen atoms in total. The summed E-state index contributed by atoms with van der Waals surface area (Å²) in [6, 6.07) is 4.74. The highest BCUT2D eigenvalue weighted by Crippen LogP contribution is 2.35. The number of alkyl halides is 3. The average Bonchev–Trinajstić information content (AvgIpc) is 3.58. The molecule has 35 heavy (non-hydrogen) atoms. The largest absolute Gasteiger partial charge is 0.434 e. The maximum Gasteiger partial charge on any atom is 0.434 e. The highest BCUT2D eigenvalue weighted by Gasteiger charge is 2.41. The van der Waals surface area contributed by atoms with Crippen LogP contribution in [0.1, 0.15) is 21.6 Å². The fourth-order valence-electron chi connectivity index (χ4n) is 3.49. The van der Waals surface area contributed by atoms with Gasteiger partial charge in [-0.1, -0.05) is 0 Å². The number of hydrogen-bond donors (Lipinski definition) is 1. The van der Waals surface area contributed by atoms with Crippen molar-refractivity contribution in [3.63, 3.8) is 0 Å². The van der Waals surface area contributed by atoms with E-state index >= 15 is 0 Å². The molecule has 5 aromatic rings. The third-order valence-corrected chi connectivity index (χ3v) is 4.97. The summed E-state index contributed by atoms with van der Waals surface area (Å²) in [5, 5.41) is 27.9. The van der Waals surface area contributed by atoms with Crippen LogP contribution in [0.2, 0.25) is 0 Å². The fraction of sp³-hybridized carbons (Fsp3) is 0.100. The zero-order valence-corrected chi connectivity index (χ0v) is 17.6. The van der Waals surface area contributed by atoms with Crippen molar-refractivity contribution in [3.05, 3.63) is 66.1 Å². The van der Waals surface area contributed by atoms with Crippen LogP contribution in [0.5, 0.6) is 0 Å². The standard InChI is InChI=1S/C20H12F3N11O/c1-32-15-11(8-29-32)2-3-25-18(15)33-16(20(21,22)23)14(10-30-33)19(35)31-13-6-12(7-24)17(26-9-13)34-27-4-5-28-34/h2-6,8-10H,1H3,(H,31,35). The Bertz CT molecular complexity index is 1610. The van der Waals surface area contributed by atoms with Crippen LogP contribution >= 0.6 is 0 Å². The number of carbonyl (C=O) groups excluding carboxylic acids is 1. The van der Waals surface area contributed by atoms with Gasteiger partial charge in [0.2, 0.25) is 0 Å². The maximum absolute atomic E-state index is 14.1. The van der Waals surface area contributed by atoms with Crippen molar-refractivity contribution in [1.29, 1.82) is 5.26 Å². The third kappa shape index (κ3) is 3.72. The first kappa shape index (κ1) is 21.7. The number of aryl methyl sites for hydroxylation is 1. The number of carbonyl (C=O) groups is 1. The van der Waals surface area contributed by atoms with Crippen molar-refractivity contribution < 1.29 is 18.0 Å². The van der Waals surface area contributed by atoms with Crippen LogP contribution in [-0.4, -0.2) is 50.4 Å². The summed E-state index contributed by atoms with van der Waals surface area (Å²) in [6.07, 6.45) is 2.60. The zero-order chi connectivity index (χ0) is 24.7. The number of nitrogens with zero attached hydrogens (tertiary/aromatic N) is 10. The molecule has 0 aliphatic rings. The Morgan fingerprint density at radius 3 is 2.51 bits per heavy atom. The highest BCUT2D eigenvalue weighted by molar-refractivity contribution is 6.05. The summed E-state index contributed by atoms with van der Waals surface area (Å²) in [4.78, 5) is 22.1. The second-order valence-electron chi connectivity index (χ2n) is 7.14. The van der Waals surface area contributed by atoms with Gasteiger partial charge in [0.1, 0.15) is 17.1 Å². The maximum atomic E-state index is 14.1. The minimum absolute atomic E-state index is 0.00201. The molecule has 0 fully saturated rings. The lowest BCUT2D eigenvalue weighted by molar-refractivity contribution is -0.143. The molecule has 0 spiro atoms. The van der Waals surface area contributed by atoms with E-state index in [0.717, 1.165) is 11.0 Å². The van der Waals surface area contributed by atoms with Gasteiger partial charge in [-0.3, -0.25) is 9.48 Å². The van der Waals surface area contributed by atoms with Gasteiger partial charge < -0.3 is 5.32 Å². The van der Waals surface area contributed by atoms with Gasteiger partial charge in [0, 0.05) is 18.6 Å². The summed E-state index contributed by atoms with van der Waals surface area (Å²) in [5.41, 5.74) is -1.76. The lowest BCUT2D eigenvalue weighted by Gasteiger charge is -2.13. The van der Waals surface area contributed by atoms with E-state index in [4.69, 9.17) is 0 Å². The molecule has 1 amide bonds. The van der Waals surface area contributed by atoms with E-state index < -0.39 is 23.3 Å². The normalized spacial score (nSPS) is 11.5. The predicted molar refractivity (Wildman–Crippen MR) is 112 cm³/mol. The topological polar surface area (TPSA) is 145 Å². The average molecular weight is 479 g/mol. The number of nitrogens with one attached hydrogen (secondary N) is 1. The number of pyridine rings is 2. The molecule has 5 aromatic heterocycles. The fourth-order valence-corrected chi connectivity index (χ4v) is 3.49. The van der Waals surface area contributed by atoms with Crippen LogP contribution in [-0.2, 0) is 13.2 Å². The molecule has 0 unspecified atom stereocenters. The number of amides is 1. The number of anilines is 1. The van der Waals surface area contributed by atoms with E-state index in [0.29, 0.717) is 15.6 Å². The molecule has 1 N–H and O–H groups in total. The van der Waals surface area contributed by atoms with Crippen molar-refractivity contribution in [2.45, 2.75) is 6.18 Å². The summed E-state index contributed by atoms with van der Waals surface area (Å²) in [6.45, 7) is 0. The smallest absolute Gasteiger partial charge is 0.320 e. The van der Waals surface area contributed by atoms with Gasteiger partial charge in [0.25, 0.3) is 5.91 Å². The summed E-state index contributed by atoms with van der Waals surface area (Å²) in [5.74, 6) is -1.15. The molecule has 15 heteroatoms. The molecule has 5 heterocycles. The molecule has 0 aliphatic heterocycles. The number of hydrogen-bond acceptors (Lipinski definition) is 8. The van der Waals surface area contributed by atoms with Crippen LogP contribution in [0.3, 0.4) is 0 Å². The van der Waals surface area contributed by atoms with E-state index in [9.17, 15) is 23.2 Å². The molecular formula is C20H12F3N11O. The Hall–Kier alpha value is -5.13. The molecule has 5 rings (SSSR count). The van der Waals surface area contributed by atoms with Gasteiger partial charge in [-0.15, -0.1) is 4.80 Å². The Labute approximate surface area is 193 Å². The first-order valence-electron chi connectivity index (χ1n) is 9.78. The van der Waals surface area contributed by atoms with Crippen LogP contribution in [0.15, 0.2) is 49.3 Å². The van der Waals surface area contributed by atoms with Gasteiger partial charge in [-0.05, 0) is 12.1 Å². The van der Waals surface area contributed by atoms with E-state index in [2.05, 4.69) is 35.7 Å². The Morgan fingerprint density at radius 1 is 1.03 bits per heavy atom. The first-order valence-corrected chi connectivity index (χ1v) is 9.78. The van der Waals surface area contributed by atoms with Gasteiger partial charge in [-0.25, -0.2) is 14.6 Å². The van der Waals surface area contributed by atoms with Gasteiger partial charge in [0.15, 0.2) is 17.3 Å². The van der Waals surface area contributed by atoms with Crippen molar-refractivity contribution in [2.75, 3.05) is 5.32 Å². The molecular weight excluding hydrogens is 467 g/mol. The van der Waals surface area contributed by atoms with Crippen LogP contribution < -0.4 is 5.32 Å². The van der Waals surface area contributed by atoms with Gasteiger partial charge in [-0.2, -0.15) is 38.8 Å². The van der Waals surface area contributed by atoms with Crippen molar-refractivity contribution in [2.24, 2.45) is 7.05 Å². The first-order chi connectivity index (χ1) is 16.8. The third-order valence-electron chi connectivity index (χ3n) is 4.97.